The third-order valence-electron chi connectivity index (χ3n) is 4.28. The molecule has 0 saturated carbocycles. The van der Waals surface area contributed by atoms with E-state index in [0.29, 0.717) is 27.1 Å². The number of aryl methyl sites for hydroxylation is 1. The van der Waals surface area contributed by atoms with Gasteiger partial charge in [-0.05, 0) is 54.3 Å². The summed E-state index contributed by atoms with van der Waals surface area (Å²) < 4.78 is 0. The van der Waals surface area contributed by atoms with E-state index in [1.807, 2.05) is 20.8 Å². The number of hydrogen-bond donors (Lipinski definition) is 3. The highest BCUT2D eigenvalue weighted by Gasteiger charge is 2.15. The minimum Gasteiger partial charge on any atom is -0.508 e. The average molecular weight is 404 g/mol. The van der Waals surface area contributed by atoms with Crippen LogP contribution in [0.3, 0.4) is 0 Å². The van der Waals surface area contributed by atoms with Crippen LogP contribution < -0.4 is 5.32 Å². The minimum atomic E-state index is -0.322. The number of phenolic OH excluding ortho intramolecular Hbond substituents is 1. The molecule has 3 N–H and O–H groups in total. The number of aromatic nitrogens is 2. The summed E-state index contributed by atoms with van der Waals surface area (Å²) in [6, 6.07) is 10.3. The van der Waals surface area contributed by atoms with Gasteiger partial charge in [-0.15, -0.1) is 0 Å². The lowest BCUT2D eigenvalue weighted by Gasteiger charge is -2.14. The van der Waals surface area contributed by atoms with Crippen molar-refractivity contribution in [3.8, 4) is 17.0 Å². The summed E-state index contributed by atoms with van der Waals surface area (Å²) in [7, 11) is 0. The number of benzene rings is 2. The quantitative estimate of drug-likeness (QED) is 0.483. The Balaban J connectivity index is 1.84. The van der Waals surface area contributed by atoms with Crippen molar-refractivity contribution in [2.45, 2.75) is 26.7 Å². The molecule has 3 rings (SSSR count). The Labute approximate surface area is 167 Å². The summed E-state index contributed by atoms with van der Waals surface area (Å²) in [5.74, 6) is 0.0379. The molecular formula is C20H19Cl2N3O2. The third-order valence-corrected chi connectivity index (χ3v) is 5.02. The fourth-order valence-corrected chi connectivity index (χ4v) is 3.04. The van der Waals surface area contributed by atoms with E-state index < -0.39 is 0 Å². The van der Waals surface area contributed by atoms with Gasteiger partial charge in [-0.2, -0.15) is 5.10 Å². The molecule has 1 amide bonds. The molecule has 0 radical (unpaired) electrons. The largest absolute Gasteiger partial charge is 0.508 e. The molecule has 1 heterocycles. The Hall–Kier alpha value is -2.50. The number of nitrogens with one attached hydrogen (secondary N) is 2. The zero-order valence-corrected chi connectivity index (χ0v) is 16.6. The fraction of sp³-hybridized carbons (Fsp3) is 0.200. The fourth-order valence-electron chi connectivity index (χ4n) is 2.74. The summed E-state index contributed by atoms with van der Waals surface area (Å²) >= 11 is 12.0. The maximum atomic E-state index is 12.6. The van der Waals surface area contributed by atoms with E-state index in [4.69, 9.17) is 23.2 Å². The van der Waals surface area contributed by atoms with Crippen LogP contribution in [-0.2, 0) is 0 Å². The number of aromatic amines is 1. The number of carbonyl (C=O) groups excluding carboxylic acids is 1. The van der Waals surface area contributed by atoms with Gasteiger partial charge in [-0.25, -0.2) is 0 Å². The standard InChI is InChI=1S/C20H19Cl2N3O2/c1-10(2)13-8-16(11(3)6-19(13)26)23-20(27)18-9-17(24-25-18)12-4-5-14(21)15(22)7-12/h4-10,26H,1-3H3,(H,23,27)(H,24,25). The van der Waals surface area contributed by atoms with Crippen LogP contribution in [0.1, 0.15) is 41.4 Å². The van der Waals surface area contributed by atoms with Gasteiger partial charge in [0.1, 0.15) is 11.4 Å². The second kappa shape index (κ2) is 7.62. The highest BCUT2D eigenvalue weighted by molar-refractivity contribution is 6.42. The molecule has 0 aliphatic heterocycles. The molecule has 1 aromatic heterocycles. The molecule has 0 aliphatic carbocycles. The topological polar surface area (TPSA) is 78.0 Å². The highest BCUT2D eigenvalue weighted by Crippen LogP contribution is 2.32. The normalized spacial score (nSPS) is 11.0. The Morgan fingerprint density at radius 3 is 2.56 bits per heavy atom. The number of nitrogens with zero attached hydrogens (tertiary/aromatic N) is 1. The molecule has 0 aliphatic rings. The minimum absolute atomic E-state index is 0.134. The number of hydrogen-bond acceptors (Lipinski definition) is 3. The lowest BCUT2D eigenvalue weighted by molar-refractivity contribution is 0.102. The number of H-pyrrole nitrogens is 1. The number of phenols is 1. The Bertz CT molecular complexity index is 1010. The highest BCUT2D eigenvalue weighted by atomic mass is 35.5. The summed E-state index contributed by atoms with van der Waals surface area (Å²) in [6.45, 7) is 5.79. The van der Waals surface area contributed by atoms with Crippen LogP contribution >= 0.6 is 23.2 Å². The molecule has 5 nitrogen and oxygen atoms in total. The van der Waals surface area contributed by atoms with E-state index in [9.17, 15) is 9.90 Å². The Morgan fingerprint density at radius 2 is 1.89 bits per heavy atom. The van der Waals surface area contributed by atoms with Crippen LogP contribution in [0.2, 0.25) is 10.0 Å². The van der Waals surface area contributed by atoms with Gasteiger partial charge in [0.05, 0.1) is 15.7 Å². The lowest BCUT2D eigenvalue weighted by Crippen LogP contribution is -2.13. The van der Waals surface area contributed by atoms with Gasteiger partial charge >= 0.3 is 0 Å². The first kappa shape index (κ1) is 19.3. The van der Waals surface area contributed by atoms with Gasteiger partial charge in [-0.1, -0.05) is 43.1 Å². The summed E-state index contributed by atoms with van der Waals surface area (Å²) in [4.78, 5) is 12.6. The predicted molar refractivity (Wildman–Crippen MR) is 109 cm³/mol. The number of anilines is 1. The number of rotatable bonds is 4. The van der Waals surface area contributed by atoms with E-state index in [1.165, 1.54) is 0 Å². The van der Waals surface area contributed by atoms with Crippen molar-refractivity contribution in [3.63, 3.8) is 0 Å². The second-order valence-electron chi connectivity index (χ2n) is 6.63. The molecular weight excluding hydrogens is 385 g/mol. The van der Waals surface area contributed by atoms with E-state index in [2.05, 4.69) is 15.5 Å². The molecule has 7 heteroatoms. The van der Waals surface area contributed by atoms with Crippen LogP contribution in [-0.4, -0.2) is 21.2 Å². The van der Waals surface area contributed by atoms with Crippen molar-refractivity contribution in [1.82, 2.24) is 10.2 Å². The molecule has 0 atom stereocenters. The van der Waals surface area contributed by atoms with Gasteiger partial charge in [-0.3, -0.25) is 9.89 Å². The van der Waals surface area contributed by atoms with Gasteiger partial charge < -0.3 is 10.4 Å². The molecule has 0 unspecified atom stereocenters. The molecule has 140 valence electrons. The first-order chi connectivity index (χ1) is 12.8. The number of amides is 1. The molecule has 2 aromatic carbocycles. The van der Waals surface area contributed by atoms with Crippen molar-refractivity contribution in [2.24, 2.45) is 0 Å². The molecule has 0 spiro atoms. The smallest absolute Gasteiger partial charge is 0.273 e. The number of carbonyl (C=O) groups is 1. The predicted octanol–water partition coefficient (Wildman–Crippen LogP) is 5.77. The van der Waals surface area contributed by atoms with Crippen LogP contribution in [0.15, 0.2) is 36.4 Å². The molecule has 0 saturated heterocycles. The maximum Gasteiger partial charge on any atom is 0.273 e. The van der Waals surface area contributed by atoms with Crippen molar-refractivity contribution >= 4 is 34.8 Å². The van der Waals surface area contributed by atoms with Crippen LogP contribution in [0.5, 0.6) is 5.75 Å². The van der Waals surface area contributed by atoms with E-state index in [1.54, 1.807) is 36.4 Å². The van der Waals surface area contributed by atoms with E-state index in [0.717, 1.165) is 16.7 Å². The van der Waals surface area contributed by atoms with Crippen molar-refractivity contribution in [1.29, 1.82) is 0 Å². The van der Waals surface area contributed by atoms with Gasteiger partial charge in [0.25, 0.3) is 5.91 Å². The van der Waals surface area contributed by atoms with Crippen molar-refractivity contribution < 1.29 is 9.90 Å². The number of halogens is 2. The monoisotopic (exact) mass is 403 g/mol. The molecule has 27 heavy (non-hydrogen) atoms. The number of aromatic hydroxyl groups is 1. The first-order valence-corrected chi connectivity index (χ1v) is 9.17. The zero-order chi connectivity index (χ0) is 19.7. The molecule has 0 fully saturated rings. The van der Waals surface area contributed by atoms with Crippen LogP contribution in [0.4, 0.5) is 5.69 Å². The van der Waals surface area contributed by atoms with Gasteiger partial charge in [0.2, 0.25) is 0 Å². The SMILES string of the molecule is Cc1cc(O)c(C(C)C)cc1NC(=O)c1cc(-c2ccc(Cl)c(Cl)c2)n[nH]1. The van der Waals surface area contributed by atoms with Crippen LogP contribution in [0.25, 0.3) is 11.3 Å². The van der Waals surface area contributed by atoms with Gasteiger partial charge in [0, 0.05) is 11.3 Å². The molecule has 3 aromatic rings. The summed E-state index contributed by atoms with van der Waals surface area (Å²) in [5, 5.41) is 20.7. The lowest BCUT2D eigenvalue weighted by atomic mass is 9.99. The summed E-state index contributed by atoms with van der Waals surface area (Å²) in [5.41, 5.74) is 3.85. The average Bonchev–Trinajstić information content (AvgIpc) is 3.09. The Morgan fingerprint density at radius 1 is 1.15 bits per heavy atom. The van der Waals surface area contributed by atoms with Crippen molar-refractivity contribution in [2.75, 3.05) is 5.32 Å². The zero-order valence-electron chi connectivity index (χ0n) is 15.1. The van der Waals surface area contributed by atoms with E-state index >= 15 is 0 Å². The second-order valence-corrected chi connectivity index (χ2v) is 7.44. The third kappa shape index (κ3) is 4.10. The Kier molecular flexibility index (Phi) is 5.44. The van der Waals surface area contributed by atoms with Gasteiger partial charge in [0.15, 0.2) is 0 Å². The first-order valence-electron chi connectivity index (χ1n) is 8.42. The van der Waals surface area contributed by atoms with E-state index in [-0.39, 0.29) is 17.6 Å². The van der Waals surface area contributed by atoms with Crippen molar-refractivity contribution in [3.05, 3.63) is 63.3 Å². The maximum absolute atomic E-state index is 12.6. The van der Waals surface area contributed by atoms with Crippen LogP contribution in [0, 0.1) is 6.92 Å². The molecule has 0 bridgehead atoms. The summed E-state index contributed by atoms with van der Waals surface area (Å²) in [6.07, 6.45) is 0.